The van der Waals surface area contributed by atoms with Crippen LogP contribution in [-0.4, -0.2) is 22.8 Å². The van der Waals surface area contributed by atoms with Crippen molar-refractivity contribution in [2.45, 2.75) is 26.4 Å². The van der Waals surface area contributed by atoms with Crippen LogP contribution in [0.25, 0.3) is 0 Å². The van der Waals surface area contributed by atoms with Crippen molar-refractivity contribution < 1.29 is 19.2 Å². The maximum absolute atomic E-state index is 11.7. The predicted octanol–water partition coefficient (Wildman–Crippen LogP) is 2.23. The highest BCUT2D eigenvalue weighted by Gasteiger charge is 2.15. The predicted molar refractivity (Wildman–Crippen MR) is 77.1 cm³/mol. The Morgan fingerprint density at radius 1 is 1.38 bits per heavy atom. The molecule has 6 heteroatoms. The van der Waals surface area contributed by atoms with E-state index in [0.29, 0.717) is 17.3 Å². The lowest BCUT2D eigenvalue weighted by atomic mass is 9.99. The first-order chi connectivity index (χ1) is 9.84. The molecule has 0 aliphatic heterocycles. The van der Waals surface area contributed by atoms with Crippen molar-refractivity contribution in [1.82, 2.24) is 5.16 Å². The van der Waals surface area contributed by atoms with Crippen molar-refractivity contribution in [3.63, 3.8) is 0 Å². The van der Waals surface area contributed by atoms with Crippen molar-refractivity contribution in [3.05, 3.63) is 41.7 Å². The molecular formula is C15H18N2O4. The third kappa shape index (κ3) is 4.32. The number of carbonyl (C=O) groups is 1. The first-order valence-corrected chi connectivity index (χ1v) is 6.53. The van der Waals surface area contributed by atoms with Gasteiger partial charge in [0.2, 0.25) is 0 Å². The van der Waals surface area contributed by atoms with Gasteiger partial charge in [-0.05, 0) is 38.5 Å². The van der Waals surface area contributed by atoms with Gasteiger partial charge in [-0.3, -0.25) is 4.79 Å². The zero-order valence-electron chi connectivity index (χ0n) is 12.2. The Kier molecular flexibility index (Phi) is 4.28. The van der Waals surface area contributed by atoms with E-state index in [1.54, 1.807) is 51.1 Å². The number of aliphatic hydroxyl groups is 1. The maximum atomic E-state index is 11.7. The molecule has 1 amide bonds. The van der Waals surface area contributed by atoms with E-state index >= 15 is 0 Å². The van der Waals surface area contributed by atoms with Gasteiger partial charge in [0.05, 0.1) is 5.60 Å². The second-order valence-corrected chi connectivity index (χ2v) is 5.24. The van der Waals surface area contributed by atoms with Crippen LogP contribution in [0.2, 0.25) is 0 Å². The Morgan fingerprint density at radius 3 is 2.57 bits per heavy atom. The number of aromatic nitrogens is 1. The average Bonchev–Trinajstić information content (AvgIpc) is 2.81. The Morgan fingerprint density at radius 2 is 2.05 bits per heavy atom. The summed E-state index contributed by atoms with van der Waals surface area (Å²) in [6.45, 7) is 5.02. The monoisotopic (exact) mass is 290 g/mol. The van der Waals surface area contributed by atoms with Crippen molar-refractivity contribution in [2.24, 2.45) is 0 Å². The number of anilines is 1. The minimum Gasteiger partial charge on any atom is -0.484 e. The number of hydrogen-bond donors (Lipinski definition) is 2. The van der Waals surface area contributed by atoms with E-state index in [2.05, 4.69) is 10.5 Å². The molecule has 0 radical (unpaired) electrons. The normalized spacial score (nSPS) is 11.2. The molecule has 0 saturated heterocycles. The highest BCUT2D eigenvalue weighted by molar-refractivity contribution is 5.90. The van der Waals surface area contributed by atoms with Crippen LogP contribution in [0.1, 0.15) is 25.2 Å². The van der Waals surface area contributed by atoms with E-state index in [0.717, 1.165) is 5.56 Å². The van der Waals surface area contributed by atoms with Crippen LogP contribution in [-0.2, 0) is 10.4 Å². The number of hydrogen-bond acceptors (Lipinski definition) is 5. The lowest BCUT2D eigenvalue weighted by molar-refractivity contribution is -0.118. The Labute approximate surface area is 122 Å². The summed E-state index contributed by atoms with van der Waals surface area (Å²) in [6.07, 6.45) is 0. The van der Waals surface area contributed by atoms with Crippen LogP contribution >= 0.6 is 0 Å². The second-order valence-electron chi connectivity index (χ2n) is 5.24. The fraction of sp³-hybridized carbons (Fsp3) is 0.333. The number of carbonyl (C=O) groups excluding carboxylic acids is 1. The molecule has 0 bridgehead atoms. The molecule has 21 heavy (non-hydrogen) atoms. The quantitative estimate of drug-likeness (QED) is 0.882. The van der Waals surface area contributed by atoms with Gasteiger partial charge in [0.25, 0.3) is 5.91 Å². The summed E-state index contributed by atoms with van der Waals surface area (Å²) in [5, 5.41) is 16.1. The van der Waals surface area contributed by atoms with Gasteiger partial charge in [0.1, 0.15) is 11.5 Å². The van der Waals surface area contributed by atoms with Crippen LogP contribution in [0.15, 0.2) is 34.9 Å². The zero-order chi connectivity index (χ0) is 15.5. The Bertz CT molecular complexity index is 611. The van der Waals surface area contributed by atoms with Gasteiger partial charge in [-0.1, -0.05) is 17.3 Å². The molecule has 2 rings (SSSR count). The number of nitrogens with one attached hydrogen (secondary N) is 1. The molecular weight excluding hydrogens is 272 g/mol. The van der Waals surface area contributed by atoms with Crippen molar-refractivity contribution in [3.8, 4) is 5.75 Å². The summed E-state index contributed by atoms with van der Waals surface area (Å²) < 4.78 is 10.2. The van der Waals surface area contributed by atoms with Crippen LogP contribution in [0.3, 0.4) is 0 Å². The molecule has 1 aromatic heterocycles. The van der Waals surface area contributed by atoms with Crippen molar-refractivity contribution >= 4 is 11.7 Å². The lowest BCUT2D eigenvalue weighted by Gasteiger charge is -2.17. The van der Waals surface area contributed by atoms with Gasteiger partial charge in [-0.15, -0.1) is 0 Å². The molecule has 0 fully saturated rings. The number of aryl methyl sites for hydroxylation is 1. The lowest BCUT2D eigenvalue weighted by Crippen LogP contribution is -2.20. The third-order valence-corrected chi connectivity index (χ3v) is 2.83. The first kappa shape index (κ1) is 15.1. The summed E-state index contributed by atoms with van der Waals surface area (Å²) in [5.74, 6) is 1.20. The van der Waals surface area contributed by atoms with Crippen molar-refractivity contribution in [1.29, 1.82) is 0 Å². The molecule has 6 nitrogen and oxygen atoms in total. The highest BCUT2D eigenvalue weighted by Crippen LogP contribution is 2.22. The van der Waals surface area contributed by atoms with Crippen molar-refractivity contribution in [2.75, 3.05) is 11.9 Å². The second kappa shape index (κ2) is 5.97. The van der Waals surface area contributed by atoms with Gasteiger partial charge in [-0.25, -0.2) is 0 Å². The number of amides is 1. The average molecular weight is 290 g/mol. The van der Waals surface area contributed by atoms with E-state index < -0.39 is 5.60 Å². The van der Waals surface area contributed by atoms with Crippen LogP contribution in [0, 0.1) is 6.92 Å². The van der Waals surface area contributed by atoms with Gasteiger partial charge in [0, 0.05) is 6.07 Å². The molecule has 1 heterocycles. The molecule has 0 aliphatic rings. The minimum atomic E-state index is -0.902. The van der Waals surface area contributed by atoms with Crippen LogP contribution in [0.5, 0.6) is 5.75 Å². The molecule has 0 aliphatic carbocycles. The van der Waals surface area contributed by atoms with Gasteiger partial charge >= 0.3 is 0 Å². The molecule has 0 atom stereocenters. The van der Waals surface area contributed by atoms with Crippen LogP contribution in [0.4, 0.5) is 5.82 Å². The van der Waals surface area contributed by atoms with E-state index in [4.69, 9.17) is 9.26 Å². The Balaban J connectivity index is 1.86. The van der Waals surface area contributed by atoms with E-state index in [1.165, 1.54) is 0 Å². The van der Waals surface area contributed by atoms with E-state index in [9.17, 15) is 9.90 Å². The fourth-order valence-corrected chi connectivity index (χ4v) is 1.71. The zero-order valence-corrected chi connectivity index (χ0v) is 12.2. The van der Waals surface area contributed by atoms with Crippen LogP contribution < -0.4 is 10.1 Å². The number of ether oxygens (including phenoxy) is 1. The number of nitrogens with zero attached hydrogens (tertiary/aromatic N) is 1. The minimum absolute atomic E-state index is 0.131. The molecule has 1 aromatic carbocycles. The summed E-state index contributed by atoms with van der Waals surface area (Å²) >= 11 is 0. The van der Waals surface area contributed by atoms with E-state index in [1.807, 2.05) is 0 Å². The first-order valence-electron chi connectivity index (χ1n) is 6.53. The van der Waals surface area contributed by atoms with Gasteiger partial charge < -0.3 is 19.7 Å². The smallest absolute Gasteiger partial charge is 0.263 e. The fourth-order valence-electron chi connectivity index (χ4n) is 1.71. The molecule has 0 spiro atoms. The molecule has 112 valence electrons. The molecule has 2 N–H and O–H groups in total. The summed E-state index contributed by atoms with van der Waals surface area (Å²) in [4.78, 5) is 11.7. The van der Waals surface area contributed by atoms with Gasteiger partial charge in [-0.2, -0.15) is 0 Å². The van der Waals surface area contributed by atoms with Gasteiger partial charge in [0.15, 0.2) is 12.4 Å². The van der Waals surface area contributed by atoms with E-state index in [-0.39, 0.29) is 12.5 Å². The SMILES string of the molecule is Cc1cc(NC(=O)COc2ccc(C(C)(C)O)cc2)no1. The summed E-state index contributed by atoms with van der Waals surface area (Å²) in [7, 11) is 0. The standard InChI is InChI=1S/C15H18N2O4/c1-10-8-13(17-21-10)16-14(18)9-20-12-6-4-11(5-7-12)15(2,3)19/h4-8,19H,9H2,1-3H3,(H,16,17,18). The summed E-state index contributed by atoms with van der Waals surface area (Å²) in [6, 6.07) is 8.56. The topological polar surface area (TPSA) is 84.6 Å². The molecule has 0 saturated carbocycles. The number of benzene rings is 1. The largest absolute Gasteiger partial charge is 0.484 e. The molecule has 0 unspecified atom stereocenters. The summed E-state index contributed by atoms with van der Waals surface area (Å²) in [5.41, 5.74) is -0.127. The Hall–Kier alpha value is -2.34. The molecule has 2 aromatic rings. The number of rotatable bonds is 5. The third-order valence-electron chi connectivity index (χ3n) is 2.83. The maximum Gasteiger partial charge on any atom is 0.263 e. The highest BCUT2D eigenvalue weighted by atomic mass is 16.5.